The van der Waals surface area contributed by atoms with Crippen molar-refractivity contribution >= 4 is 33.3 Å². The van der Waals surface area contributed by atoms with Crippen LogP contribution in [-0.2, 0) is 22.6 Å². The Morgan fingerprint density at radius 1 is 1.11 bits per heavy atom. The maximum absolute atomic E-state index is 12.9. The Labute approximate surface area is 158 Å². The first-order chi connectivity index (χ1) is 12.5. The van der Waals surface area contributed by atoms with Gasteiger partial charge in [-0.25, -0.2) is 13.2 Å². The van der Waals surface area contributed by atoms with E-state index in [1.165, 1.54) is 12.1 Å². The lowest BCUT2D eigenvalue weighted by Gasteiger charge is -2.13. The standard InChI is InChI=1S/C17H15ClF3NO4S/c18-7-1-2-11-3-5-15(6-4-11)27(25,26)22-14-9-12(16(23)24)8-13(10-14)17(19,20)21/h3-6,8-10,22H,1-2,7H2,(H,23,24). The Kier molecular flexibility index (Phi) is 6.38. The fraction of sp³-hybridized carbons (Fsp3) is 0.235. The van der Waals surface area contributed by atoms with Crippen molar-refractivity contribution in [3.05, 3.63) is 59.2 Å². The van der Waals surface area contributed by atoms with Crippen LogP contribution >= 0.6 is 11.6 Å². The summed E-state index contributed by atoms with van der Waals surface area (Å²) in [5.74, 6) is -1.14. The highest BCUT2D eigenvalue weighted by Gasteiger charge is 2.32. The molecule has 0 heterocycles. The van der Waals surface area contributed by atoms with E-state index in [4.69, 9.17) is 16.7 Å². The molecular formula is C17H15ClF3NO4S. The number of sulfonamides is 1. The second kappa shape index (κ2) is 8.18. The largest absolute Gasteiger partial charge is 0.478 e. The number of aromatic carboxylic acids is 1. The number of benzene rings is 2. The minimum absolute atomic E-state index is 0.161. The van der Waals surface area contributed by atoms with E-state index in [1.807, 2.05) is 4.72 Å². The number of rotatable bonds is 7. The molecule has 2 aromatic rings. The molecule has 0 fully saturated rings. The minimum atomic E-state index is -4.82. The molecule has 0 amide bonds. The third-order valence-corrected chi connectivity index (χ3v) is 5.26. The molecule has 2 aromatic carbocycles. The van der Waals surface area contributed by atoms with Gasteiger partial charge in [0.2, 0.25) is 0 Å². The summed E-state index contributed by atoms with van der Waals surface area (Å²) in [6, 6.07) is 7.59. The molecule has 10 heteroatoms. The predicted molar refractivity (Wildman–Crippen MR) is 94.7 cm³/mol. The normalized spacial score (nSPS) is 12.0. The number of hydrogen-bond donors (Lipinski definition) is 2. The van der Waals surface area contributed by atoms with Gasteiger partial charge in [-0.3, -0.25) is 4.72 Å². The Morgan fingerprint density at radius 2 is 1.74 bits per heavy atom. The monoisotopic (exact) mass is 421 g/mol. The van der Waals surface area contributed by atoms with Gasteiger partial charge in [0.15, 0.2) is 0 Å². The lowest BCUT2D eigenvalue weighted by molar-refractivity contribution is -0.137. The van der Waals surface area contributed by atoms with Gasteiger partial charge in [0.25, 0.3) is 10.0 Å². The van der Waals surface area contributed by atoms with Crippen molar-refractivity contribution in [1.82, 2.24) is 0 Å². The van der Waals surface area contributed by atoms with Crippen LogP contribution in [0.5, 0.6) is 0 Å². The maximum atomic E-state index is 12.9. The van der Waals surface area contributed by atoms with E-state index in [-0.39, 0.29) is 4.90 Å². The van der Waals surface area contributed by atoms with Crippen LogP contribution < -0.4 is 4.72 Å². The van der Waals surface area contributed by atoms with Crippen LogP contribution in [0.3, 0.4) is 0 Å². The number of nitrogens with one attached hydrogen (secondary N) is 1. The summed E-state index contributed by atoms with van der Waals surface area (Å²) in [4.78, 5) is 10.9. The molecule has 0 saturated heterocycles. The fourth-order valence-corrected chi connectivity index (χ4v) is 3.47. The second-order valence-electron chi connectivity index (χ2n) is 5.64. The van der Waals surface area contributed by atoms with Gasteiger partial charge in [-0.15, -0.1) is 11.6 Å². The van der Waals surface area contributed by atoms with Crippen molar-refractivity contribution in [3.63, 3.8) is 0 Å². The smallest absolute Gasteiger partial charge is 0.416 e. The minimum Gasteiger partial charge on any atom is -0.478 e. The van der Waals surface area contributed by atoms with Crippen LogP contribution in [0.4, 0.5) is 18.9 Å². The molecule has 0 radical (unpaired) electrons. The van der Waals surface area contributed by atoms with Gasteiger partial charge >= 0.3 is 12.1 Å². The summed E-state index contributed by atoms with van der Waals surface area (Å²) >= 11 is 5.60. The molecule has 0 aromatic heterocycles. The Hall–Kier alpha value is -2.26. The molecular weight excluding hydrogens is 407 g/mol. The molecule has 0 atom stereocenters. The number of aryl methyl sites for hydroxylation is 1. The molecule has 146 valence electrons. The van der Waals surface area contributed by atoms with E-state index in [9.17, 15) is 26.4 Å². The van der Waals surface area contributed by atoms with Crippen LogP contribution in [0.1, 0.15) is 27.9 Å². The van der Waals surface area contributed by atoms with E-state index in [0.717, 1.165) is 11.6 Å². The lowest BCUT2D eigenvalue weighted by Crippen LogP contribution is -2.15. The van der Waals surface area contributed by atoms with Crippen molar-refractivity contribution in [2.45, 2.75) is 23.9 Å². The maximum Gasteiger partial charge on any atom is 0.416 e. The van der Waals surface area contributed by atoms with Crippen LogP contribution in [0, 0.1) is 0 Å². The fourth-order valence-electron chi connectivity index (χ4n) is 2.29. The second-order valence-corrected chi connectivity index (χ2v) is 7.70. The molecule has 5 nitrogen and oxygen atoms in total. The number of hydrogen-bond acceptors (Lipinski definition) is 3. The molecule has 0 spiro atoms. The van der Waals surface area contributed by atoms with Crippen LogP contribution in [0.2, 0.25) is 0 Å². The van der Waals surface area contributed by atoms with Crippen LogP contribution in [0.15, 0.2) is 47.4 Å². The zero-order valence-electron chi connectivity index (χ0n) is 13.8. The number of carboxylic acid groups (broad SMARTS) is 1. The average Bonchev–Trinajstić information content (AvgIpc) is 2.59. The zero-order chi connectivity index (χ0) is 20.2. The van der Waals surface area contributed by atoms with E-state index in [1.54, 1.807) is 12.1 Å². The number of carboxylic acids is 1. The molecule has 2 N–H and O–H groups in total. The highest BCUT2D eigenvalue weighted by molar-refractivity contribution is 7.92. The first kappa shape index (κ1) is 21.0. The number of anilines is 1. The van der Waals surface area contributed by atoms with E-state index in [2.05, 4.69) is 0 Å². The SMILES string of the molecule is O=C(O)c1cc(NS(=O)(=O)c2ccc(CCCCl)cc2)cc(C(F)(F)F)c1. The Bertz CT molecular complexity index is 928. The molecule has 0 aliphatic heterocycles. The number of alkyl halides is 4. The van der Waals surface area contributed by atoms with Gasteiger partial charge in [0.1, 0.15) is 0 Å². The van der Waals surface area contributed by atoms with Crippen molar-refractivity contribution in [1.29, 1.82) is 0 Å². The first-order valence-electron chi connectivity index (χ1n) is 7.66. The van der Waals surface area contributed by atoms with Gasteiger partial charge in [-0.05, 0) is 48.7 Å². The van der Waals surface area contributed by atoms with Gasteiger partial charge < -0.3 is 5.11 Å². The van der Waals surface area contributed by atoms with E-state index in [0.29, 0.717) is 30.9 Å². The quantitative estimate of drug-likeness (QED) is 0.650. The summed E-state index contributed by atoms with van der Waals surface area (Å²) in [7, 11) is -4.19. The lowest BCUT2D eigenvalue weighted by atomic mass is 10.1. The molecule has 0 saturated carbocycles. The number of halogens is 4. The summed E-state index contributed by atoms with van der Waals surface area (Å²) in [6.07, 6.45) is -3.45. The van der Waals surface area contributed by atoms with Crippen molar-refractivity contribution < 1.29 is 31.5 Å². The summed E-state index contributed by atoms with van der Waals surface area (Å²) in [5.41, 5.74) is -1.58. The molecule has 0 aliphatic carbocycles. The highest BCUT2D eigenvalue weighted by Crippen LogP contribution is 2.32. The van der Waals surface area contributed by atoms with Gasteiger partial charge in [0.05, 0.1) is 21.7 Å². The Morgan fingerprint density at radius 3 is 2.26 bits per heavy atom. The molecule has 0 unspecified atom stereocenters. The van der Waals surface area contributed by atoms with E-state index >= 15 is 0 Å². The number of carbonyl (C=O) groups is 1. The summed E-state index contributed by atoms with van der Waals surface area (Å²) in [6.45, 7) is 0. The van der Waals surface area contributed by atoms with Crippen molar-refractivity contribution in [3.8, 4) is 0 Å². The van der Waals surface area contributed by atoms with Gasteiger partial charge in [-0.1, -0.05) is 12.1 Å². The molecule has 0 aliphatic rings. The summed E-state index contributed by atoms with van der Waals surface area (Å²) in [5, 5.41) is 8.96. The zero-order valence-corrected chi connectivity index (χ0v) is 15.3. The third kappa shape index (κ3) is 5.61. The predicted octanol–water partition coefficient (Wildman–Crippen LogP) is 4.38. The van der Waals surface area contributed by atoms with E-state index < -0.39 is 39.0 Å². The Balaban J connectivity index is 2.34. The van der Waals surface area contributed by atoms with Crippen LogP contribution in [0.25, 0.3) is 0 Å². The first-order valence-corrected chi connectivity index (χ1v) is 9.68. The summed E-state index contributed by atoms with van der Waals surface area (Å²) < 4.78 is 65.6. The molecule has 27 heavy (non-hydrogen) atoms. The molecule has 2 rings (SSSR count). The third-order valence-electron chi connectivity index (χ3n) is 3.59. The van der Waals surface area contributed by atoms with Crippen molar-refractivity contribution in [2.24, 2.45) is 0 Å². The van der Waals surface area contributed by atoms with Crippen LogP contribution in [-0.4, -0.2) is 25.4 Å². The molecule has 0 bridgehead atoms. The average molecular weight is 422 g/mol. The highest BCUT2D eigenvalue weighted by atomic mass is 35.5. The topological polar surface area (TPSA) is 83.5 Å². The van der Waals surface area contributed by atoms with Gasteiger partial charge in [0, 0.05) is 5.88 Å². The van der Waals surface area contributed by atoms with Gasteiger partial charge in [-0.2, -0.15) is 13.2 Å². The van der Waals surface area contributed by atoms with Crippen molar-refractivity contribution in [2.75, 3.05) is 10.6 Å².